The molecule has 0 bridgehead atoms. The zero-order valence-electron chi connectivity index (χ0n) is 9.53. The van der Waals surface area contributed by atoms with Crippen molar-refractivity contribution in [3.63, 3.8) is 0 Å². The van der Waals surface area contributed by atoms with Gasteiger partial charge in [-0.2, -0.15) is 0 Å². The van der Waals surface area contributed by atoms with Gasteiger partial charge >= 0.3 is 0 Å². The molecule has 2 rings (SSSR count). The quantitative estimate of drug-likeness (QED) is 0.550. The largest absolute Gasteiger partial charge is 0.250 e. The fourth-order valence-corrected chi connectivity index (χ4v) is 5.71. The summed E-state index contributed by atoms with van der Waals surface area (Å²) in [5, 5.41) is 0.607. The minimum atomic E-state index is -3.58. The highest BCUT2D eigenvalue weighted by atomic mass is 79.9. The number of alkyl halides is 2. The Kier molecular flexibility index (Phi) is 4.70. The summed E-state index contributed by atoms with van der Waals surface area (Å²) >= 11 is 7.54. The fourth-order valence-electron chi connectivity index (χ4n) is 1.32. The lowest BCUT2D eigenvalue weighted by Gasteiger charge is -2.19. The lowest BCUT2D eigenvalue weighted by Crippen LogP contribution is -2.21. The van der Waals surface area contributed by atoms with Gasteiger partial charge in [0.2, 0.25) is 11.7 Å². The zero-order valence-corrected chi connectivity index (χ0v) is 14.3. The summed E-state index contributed by atoms with van der Waals surface area (Å²) in [6.07, 6.45) is 1.62. The van der Waals surface area contributed by atoms with Crippen LogP contribution >= 0.6 is 43.6 Å². The van der Waals surface area contributed by atoms with E-state index < -0.39 is 11.7 Å². The summed E-state index contributed by atoms with van der Waals surface area (Å²) in [5.41, 5.74) is 0. The van der Waals surface area contributed by atoms with E-state index in [0.717, 1.165) is 11.8 Å². The van der Waals surface area contributed by atoms with Crippen LogP contribution in [0.4, 0.5) is 0 Å². The average molecular weight is 423 g/mol. The zero-order chi connectivity index (χ0) is 13.9. The summed E-state index contributed by atoms with van der Waals surface area (Å²) in [6, 6.07) is 13.6. The summed E-state index contributed by atoms with van der Waals surface area (Å²) < 4.78 is 23.7. The molecule has 0 unspecified atom stereocenters. The third-order valence-corrected chi connectivity index (χ3v) is 8.87. The van der Waals surface area contributed by atoms with Gasteiger partial charge in [0, 0.05) is 6.20 Å². The number of pyridine rings is 1. The molecule has 0 aliphatic rings. The molecule has 3 nitrogen and oxygen atoms in total. The number of hydrogen-bond donors (Lipinski definition) is 0. The molecule has 0 spiro atoms. The van der Waals surface area contributed by atoms with E-state index >= 15 is 0 Å². The second-order valence-corrected chi connectivity index (χ2v) is 12.7. The molecule has 0 aliphatic carbocycles. The van der Waals surface area contributed by atoms with E-state index in [2.05, 4.69) is 36.8 Å². The molecular weight excluding hydrogens is 414 g/mol. The van der Waals surface area contributed by atoms with Gasteiger partial charge in [0.25, 0.3) is 0 Å². The van der Waals surface area contributed by atoms with Crippen LogP contribution in [0.5, 0.6) is 0 Å². The van der Waals surface area contributed by atoms with E-state index in [1.165, 1.54) is 0 Å². The van der Waals surface area contributed by atoms with E-state index in [1.807, 2.05) is 0 Å². The Morgan fingerprint density at radius 1 is 1.00 bits per heavy atom. The molecule has 0 amide bonds. The van der Waals surface area contributed by atoms with Crippen molar-refractivity contribution in [1.82, 2.24) is 4.98 Å². The van der Waals surface area contributed by atoms with Crippen molar-refractivity contribution in [3.05, 3.63) is 54.7 Å². The molecule has 7 heteroatoms. The van der Waals surface area contributed by atoms with Gasteiger partial charge in [0.1, 0.15) is 0 Å². The molecule has 1 aromatic heterocycles. The third kappa shape index (κ3) is 3.39. The Labute approximate surface area is 133 Å². The highest BCUT2D eigenvalue weighted by molar-refractivity contribution is 9.30. The van der Waals surface area contributed by atoms with Gasteiger partial charge in [-0.25, -0.2) is 13.4 Å². The van der Waals surface area contributed by atoms with Crippen molar-refractivity contribution in [3.8, 4) is 0 Å². The molecule has 0 radical (unpaired) electrons. The summed E-state index contributed by atoms with van der Waals surface area (Å²) in [4.78, 5) is 4.35. The third-order valence-electron chi connectivity index (χ3n) is 2.23. The first kappa shape index (κ1) is 15.0. The fraction of sp³-hybridized carbons (Fsp3) is 0.0833. The number of rotatable bonds is 4. The Bertz CT molecular complexity index is 646. The first-order valence-corrected chi connectivity index (χ1v) is 9.09. The van der Waals surface area contributed by atoms with E-state index in [1.54, 1.807) is 54.7 Å². The SMILES string of the molecule is O=S(=O)(c1ccccc1)C(Br)(Br)Sc1ccccn1. The second-order valence-electron chi connectivity index (χ2n) is 3.55. The molecule has 19 heavy (non-hydrogen) atoms. The standard InChI is InChI=1S/C12H9Br2NO2S2/c13-12(14,18-11-8-4-5-9-15-11)19(16,17)10-6-2-1-3-7-10/h1-9H. The van der Waals surface area contributed by atoms with Crippen LogP contribution in [-0.2, 0) is 9.84 Å². The number of halogens is 2. The highest BCUT2D eigenvalue weighted by Gasteiger charge is 2.41. The highest BCUT2D eigenvalue weighted by Crippen LogP contribution is 2.49. The predicted octanol–water partition coefficient (Wildman–Crippen LogP) is 4.05. The number of hydrogen-bond acceptors (Lipinski definition) is 4. The summed E-state index contributed by atoms with van der Waals surface area (Å²) in [5.74, 6) is 0. The summed E-state index contributed by atoms with van der Waals surface area (Å²) in [6.45, 7) is 0. The topological polar surface area (TPSA) is 47.0 Å². The average Bonchev–Trinajstić information content (AvgIpc) is 2.40. The Morgan fingerprint density at radius 3 is 2.21 bits per heavy atom. The van der Waals surface area contributed by atoms with Crippen LogP contribution in [0.1, 0.15) is 0 Å². The van der Waals surface area contributed by atoms with Gasteiger partial charge in [-0.1, -0.05) is 36.0 Å². The van der Waals surface area contributed by atoms with Crippen molar-refractivity contribution in [2.75, 3.05) is 0 Å². The molecular formula is C12H9Br2NO2S2. The van der Waals surface area contributed by atoms with Crippen molar-refractivity contribution in [1.29, 1.82) is 0 Å². The van der Waals surface area contributed by atoms with E-state index in [4.69, 9.17) is 0 Å². The van der Waals surface area contributed by atoms with Gasteiger partial charge in [-0.15, -0.1) is 0 Å². The molecule has 0 aliphatic heterocycles. The molecule has 0 N–H and O–H groups in total. The molecule has 1 heterocycles. The lowest BCUT2D eigenvalue weighted by molar-refractivity contribution is 0.598. The summed E-state index contributed by atoms with van der Waals surface area (Å²) in [7, 11) is -3.58. The second kappa shape index (κ2) is 5.95. The first-order chi connectivity index (χ1) is 8.93. The normalized spacial score (nSPS) is 12.3. The van der Waals surface area contributed by atoms with Gasteiger partial charge in [0.05, 0.1) is 9.92 Å². The van der Waals surface area contributed by atoms with Crippen molar-refractivity contribution >= 4 is 53.5 Å². The monoisotopic (exact) mass is 421 g/mol. The Hall–Kier alpha value is -0.370. The molecule has 0 atom stereocenters. The molecule has 0 fully saturated rings. The van der Waals surface area contributed by atoms with Crippen LogP contribution in [0.15, 0.2) is 64.6 Å². The Balaban J connectivity index is 2.34. The van der Waals surface area contributed by atoms with Crippen LogP contribution in [0.25, 0.3) is 0 Å². The Morgan fingerprint density at radius 2 is 1.63 bits per heavy atom. The van der Waals surface area contributed by atoms with Crippen LogP contribution in [0.2, 0.25) is 0 Å². The van der Waals surface area contributed by atoms with Crippen molar-refractivity contribution < 1.29 is 8.42 Å². The maximum Gasteiger partial charge on any atom is 0.236 e. The van der Waals surface area contributed by atoms with Gasteiger partial charge in [-0.3, -0.25) is 0 Å². The van der Waals surface area contributed by atoms with Crippen molar-refractivity contribution in [2.45, 2.75) is 11.8 Å². The smallest absolute Gasteiger partial charge is 0.236 e. The van der Waals surface area contributed by atoms with Gasteiger partial charge < -0.3 is 0 Å². The number of sulfone groups is 1. The molecule has 0 saturated carbocycles. The number of aromatic nitrogens is 1. The van der Waals surface area contributed by atoms with Gasteiger partial charge in [0.15, 0.2) is 0 Å². The van der Waals surface area contributed by atoms with Gasteiger partial charge in [-0.05, 0) is 56.1 Å². The van der Waals surface area contributed by atoms with E-state index in [9.17, 15) is 8.42 Å². The molecule has 2 aromatic rings. The predicted molar refractivity (Wildman–Crippen MR) is 84.3 cm³/mol. The van der Waals surface area contributed by atoms with E-state index in [0.29, 0.717) is 5.03 Å². The number of thioether (sulfide) groups is 1. The molecule has 1 aromatic carbocycles. The number of benzene rings is 1. The number of nitrogens with zero attached hydrogens (tertiary/aromatic N) is 1. The molecule has 100 valence electrons. The van der Waals surface area contributed by atoms with Crippen LogP contribution in [-0.4, -0.2) is 15.3 Å². The van der Waals surface area contributed by atoms with Crippen molar-refractivity contribution in [2.24, 2.45) is 0 Å². The van der Waals surface area contributed by atoms with E-state index in [-0.39, 0.29) is 4.90 Å². The minimum Gasteiger partial charge on any atom is -0.250 e. The minimum absolute atomic E-state index is 0.243. The van der Waals surface area contributed by atoms with Crippen LogP contribution in [0.3, 0.4) is 0 Å². The molecule has 0 saturated heterocycles. The van der Waals surface area contributed by atoms with Crippen LogP contribution < -0.4 is 0 Å². The maximum absolute atomic E-state index is 12.5. The first-order valence-electron chi connectivity index (χ1n) is 5.21. The van der Waals surface area contributed by atoms with Crippen LogP contribution in [0, 0.1) is 0 Å². The lowest BCUT2D eigenvalue weighted by atomic mass is 10.4. The maximum atomic E-state index is 12.5.